The summed E-state index contributed by atoms with van der Waals surface area (Å²) >= 11 is 0. The van der Waals surface area contributed by atoms with E-state index in [0.717, 1.165) is 6.42 Å². The Bertz CT molecular complexity index is 630. The number of carbonyl (C=O) groups is 3. The number of hydrogen-bond acceptors (Lipinski definition) is 3. The molecule has 1 atom stereocenters. The van der Waals surface area contributed by atoms with Gasteiger partial charge in [0.05, 0.1) is 0 Å². The molecule has 6 nitrogen and oxygen atoms in total. The Labute approximate surface area is 154 Å². The molecule has 1 aromatic carbocycles. The monoisotopic (exact) mass is 357 g/mol. The van der Waals surface area contributed by atoms with Gasteiger partial charge in [-0.2, -0.15) is 0 Å². The van der Waals surface area contributed by atoms with E-state index in [1.165, 1.54) is 0 Å². The van der Waals surface area contributed by atoms with Gasteiger partial charge in [0.25, 0.3) is 5.91 Å². The standard InChI is InChI=1S/C20H27N3O3/c1-2-12-22-19(25)16-9-6-14-23(15-11-18(24)21-13-10-16)20(26)17-7-4-3-5-8-17/h2-5,7-8,16H,1,6,9-15H2,(H,21,24)(H,22,25). The predicted molar refractivity (Wildman–Crippen MR) is 101 cm³/mol. The lowest BCUT2D eigenvalue weighted by molar-refractivity contribution is -0.126. The molecule has 26 heavy (non-hydrogen) atoms. The van der Waals surface area contributed by atoms with Gasteiger partial charge in [0, 0.05) is 44.1 Å². The Morgan fingerprint density at radius 1 is 1.23 bits per heavy atom. The van der Waals surface area contributed by atoms with Crippen LogP contribution in [0.5, 0.6) is 0 Å². The van der Waals surface area contributed by atoms with E-state index in [-0.39, 0.29) is 30.1 Å². The van der Waals surface area contributed by atoms with Gasteiger partial charge in [-0.25, -0.2) is 0 Å². The van der Waals surface area contributed by atoms with E-state index < -0.39 is 0 Å². The Morgan fingerprint density at radius 2 is 2.00 bits per heavy atom. The Hall–Kier alpha value is -2.63. The van der Waals surface area contributed by atoms with Gasteiger partial charge in [-0.05, 0) is 31.4 Å². The van der Waals surface area contributed by atoms with E-state index in [2.05, 4.69) is 17.2 Å². The van der Waals surface area contributed by atoms with Gasteiger partial charge in [-0.1, -0.05) is 24.3 Å². The summed E-state index contributed by atoms with van der Waals surface area (Å²) in [6.45, 7) is 5.42. The first kappa shape index (κ1) is 19.7. The van der Waals surface area contributed by atoms with E-state index in [1.54, 1.807) is 23.1 Å². The summed E-state index contributed by atoms with van der Waals surface area (Å²) < 4.78 is 0. The molecule has 1 saturated heterocycles. The lowest BCUT2D eigenvalue weighted by Gasteiger charge is -2.23. The molecule has 3 amide bonds. The van der Waals surface area contributed by atoms with Crippen molar-refractivity contribution in [3.8, 4) is 0 Å². The molecule has 6 heteroatoms. The second kappa shape index (κ2) is 10.4. The van der Waals surface area contributed by atoms with Gasteiger partial charge in [0.15, 0.2) is 0 Å². The highest BCUT2D eigenvalue weighted by atomic mass is 16.2. The maximum atomic E-state index is 12.7. The number of hydrogen-bond donors (Lipinski definition) is 2. The van der Waals surface area contributed by atoms with Gasteiger partial charge in [0.2, 0.25) is 11.8 Å². The second-order valence-corrected chi connectivity index (χ2v) is 6.42. The maximum Gasteiger partial charge on any atom is 0.253 e. The van der Waals surface area contributed by atoms with Crippen LogP contribution in [-0.2, 0) is 9.59 Å². The smallest absolute Gasteiger partial charge is 0.253 e. The fourth-order valence-electron chi connectivity index (χ4n) is 3.04. The van der Waals surface area contributed by atoms with Crippen molar-refractivity contribution in [2.24, 2.45) is 5.92 Å². The first-order valence-electron chi connectivity index (χ1n) is 9.11. The number of rotatable bonds is 4. The lowest BCUT2D eigenvalue weighted by Crippen LogP contribution is -2.35. The van der Waals surface area contributed by atoms with Gasteiger partial charge in [0.1, 0.15) is 0 Å². The fourth-order valence-corrected chi connectivity index (χ4v) is 3.04. The van der Waals surface area contributed by atoms with E-state index in [1.807, 2.05) is 18.2 Å². The van der Waals surface area contributed by atoms with E-state index in [0.29, 0.717) is 44.6 Å². The van der Waals surface area contributed by atoms with Crippen LogP contribution in [0, 0.1) is 5.92 Å². The Balaban J connectivity index is 2.04. The zero-order valence-electron chi connectivity index (χ0n) is 15.1. The third-order valence-electron chi connectivity index (χ3n) is 4.50. The van der Waals surface area contributed by atoms with Gasteiger partial charge in [-0.3, -0.25) is 14.4 Å². The van der Waals surface area contributed by atoms with Crippen LogP contribution in [0.2, 0.25) is 0 Å². The summed E-state index contributed by atoms with van der Waals surface area (Å²) in [4.78, 5) is 38.7. The molecule has 2 rings (SSSR count). The van der Waals surface area contributed by atoms with E-state index >= 15 is 0 Å². The second-order valence-electron chi connectivity index (χ2n) is 6.42. The van der Waals surface area contributed by atoms with Crippen LogP contribution in [0.1, 0.15) is 36.0 Å². The van der Waals surface area contributed by atoms with E-state index in [4.69, 9.17) is 0 Å². The SMILES string of the molecule is C=CCNC(=O)C1CCCN(C(=O)c2ccccc2)CCC(=O)NCC1. The molecule has 1 unspecified atom stereocenters. The minimum absolute atomic E-state index is 0.0284. The highest BCUT2D eigenvalue weighted by molar-refractivity contribution is 5.94. The summed E-state index contributed by atoms with van der Waals surface area (Å²) in [6, 6.07) is 9.07. The largest absolute Gasteiger partial charge is 0.356 e. The van der Waals surface area contributed by atoms with Crippen molar-refractivity contribution >= 4 is 17.7 Å². The van der Waals surface area contributed by atoms with Crippen LogP contribution < -0.4 is 10.6 Å². The molecular formula is C20H27N3O3. The summed E-state index contributed by atoms with van der Waals surface area (Å²) in [5, 5.41) is 5.67. The molecule has 1 heterocycles. The average molecular weight is 357 g/mol. The van der Waals surface area contributed by atoms with Crippen molar-refractivity contribution in [1.29, 1.82) is 0 Å². The van der Waals surface area contributed by atoms with Crippen LogP contribution >= 0.6 is 0 Å². The van der Waals surface area contributed by atoms with Crippen molar-refractivity contribution in [2.75, 3.05) is 26.2 Å². The van der Waals surface area contributed by atoms with Crippen molar-refractivity contribution in [1.82, 2.24) is 15.5 Å². The fraction of sp³-hybridized carbons (Fsp3) is 0.450. The van der Waals surface area contributed by atoms with Crippen molar-refractivity contribution < 1.29 is 14.4 Å². The lowest BCUT2D eigenvalue weighted by atomic mass is 9.98. The van der Waals surface area contributed by atoms with Gasteiger partial charge < -0.3 is 15.5 Å². The average Bonchev–Trinajstić information content (AvgIpc) is 2.71. The summed E-state index contributed by atoms with van der Waals surface area (Å²) in [6.07, 6.45) is 3.91. The van der Waals surface area contributed by atoms with Crippen LogP contribution in [0.15, 0.2) is 43.0 Å². The summed E-state index contributed by atoms with van der Waals surface area (Å²) in [5.74, 6) is -0.380. The summed E-state index contributed by atoms with van der Waals surface area (Å²) in [7, 11) is 0. The normalized spacial score (nSPS) is 19.0. The zero-order chi connectivity index (χ0) is 18.8. The first-order chi connectivity index (χ1) is 12.6. The van der Waals surface area contributed by atoms with Crippen LogP contribution in [0.3, 0.4) is 0 Å². The number of nitrogens with zero attached hydrogens (tertiary/aromatic N) is 1. The van der Waals surface area contributed by atoms with Crippen LogP contribution in [-0.4, -0.2) is 48.8 Å². The zero-order valence-corrected chi connectivity index (χ0v) is 15.1. The number of nitrogens with one attached hydrogen (secondary N) is 2. The quantitative estimate of drug-likeness (QED) is 0.806. The Morgan fingerprint density at radius 3 is 2.73 bits per heavy atom. The minimum Gasteiger partial charge on any atom is -0.356 e. The molecule has 0 spiro atoms. The number of carbonyl (C=O) groups excluding carboxylic acids is 3. The summed E-state index contributed by atoms with van der Waals surface area (Å²) in [5.41, 5.74) is 0.614. The molecule has 1 aliphatic rings. The van der Waals surface area contributed by atoms with Crippen molar-refractivity contribution in [2.45, 2.75) is 25.7 Å². The topological polar surface area (TPSA) is 78.5 Å². The highest BCUT2D eigenvalue weighted by Gasteiger charge is 2.22. The highest BCUT2D eigenvalue weighted by Crippen LogP contribution is 2.15. The number of benzene rings is 1. The molecule has 1 fully saturated rings. The molecule has 0 radical (unpaired) electrons. The molecule has 0 saturated carbocycles. The Kier molecular flexibility index (Phi) is 7.86. The molecule has 140 valence electrons. The van der Waals surface area contributed by atoms with Crippen molar-refractivity contribution in [3.63, 3.8) is 0 Å². The van der Waals surface area contributed by atoms with Gasteiger partial charge in [-0.15, -0.1) is 6.58 Å². The third kappa shape index (κ3) is 6.02. The molecule has 0 aromatic heterocycles. The molecule has 0 bridgehead atoms. The maximum absolute atomic E-state index is 12.7. The van der Waals surface area contributed by atoms with Gasteiger partial charge >= 0.3 is 0 Å². The van der Waals surface area contributed by atoms with Crippen LogP contribution in [0.25, 0.3) is 0 Å². The molecule has 1 aromatic rings. The van der Waals surface area contributed by atoms with E-state index in [9.17, 15) is 14.4 Å². The number of amides is 3. The minimum atomic E-state index is -0.179. The molecule has 1 aliphatic heterocycles. The first-order valence-corrected chi connectivity index (χ1v) is 9.11. The predicted octanol–water partition coefficient (Wildman–Crippen LogP) is 1.74. The van der Waals surface area contributed by atoms with Crippen molar-refractivity contribution in [3.05, 3.63) is 48.6 Å². The third-order valence-corrected chi connectivity index (χ3v) is 4.50. The molecule has 0 aliphatic carbocycles. The molecular weight excluding hydrogens is 330 g/mol. The van der Waals surface area contributed by atoms with Crippen LogP contribution in [0.4, 0.5) is 0 Å². The molecule has 2 N–H and O–H groups in total.